The Balaban J connectivity index is 2.57. The molecule has 0 aliphatic rings. The molecule has 1 rings (SSSR count). The first-order valence-corrected chi connectivity index (χ1v) is 6.42. The lowest BCUT2D eigenvalue weighted by Crippen LogP contribution is -2.42. The number of carboxylic acids is 1. The van der Waals surface area contributed by atoms with Gasteiger partial charge in [0.1, 0.15) is 6.54 Å². The second kappa shape index (κ2) is 7.83. The number of carboxylic acid groups (broad SMARTS) is 1. The van der Waals surface area contributed by atoms with Crippen molar-refractivity contribution in [3.8, 4) is 0 Å². The lowest BCUT2D eigenvalue weighted by atomic mass is 10.2. The number of carbonyl (C=O) groups excluding carboxylic acids is 1. The number of amides is 2. The molecule has 0 fully saturated rings. The van der Waals surface area contributed by atoms with E-state index in [2.05, 4.69) is 5.32 Å². The molecule has 0 aliphatic carbocycles. The van der Waals surface area contributed by atoms with Crippen molar-refractivity contribution in [1.29, 1.82) is 0 Å². The maximum Gasteiger partial charge on any atom is 0.323 e. The van der Waals surface area contributed by atoms with E-state index in [0.717, 1.165) is 0 Å². The number of aliphatic carboxylic acids is 1. The van der Waals surface area contributed by atoms with Crippen molar-refractivity contribution >= 4 is 17.7 Å². The van der Waals surface area contributed by atoms with E-state index in [4.69, 9.17) is 5.11 Å². The minimum atomic E-state index is -1.08. The van der Waals surface area contributed by atoms with Crippen LogP contribution in [0.5, 0.6) is 0 Å². The summed E-state index contributed by atoms with van der Waals surface area (Å²) in [5, 5.41) is 21.8. The fraction of sp³-hybridized carbons (Fsp3) is 0.385. The zero-order chi connectivity index (χ0) is 15.8. The van der Waals surface area contributed by atoms with Crippen LogP contribution in [-0.2, 0) is 11.3 Å². The second-order valence-corrected chi connectivity index (χ2v) is 4.40. The molecule has 0 radical (unpaired) electrons. The molecule has 0 atom stereocenters. The molecule has 114 valence electrons. The lowest BCUT2D eigenvalue weighted by molar-refractivity contribution is -0.384. The lowest BCUT2D eigenvalue weighted by Gasteiger charge is -2.20. The largest absolute Gasteiger partial charge is 0.480 e. The van der Waals surface area contributed by atoms with Gasteiger partial charge in [0.15, 0.2) is 0 Å². The van der Waals surface area contributed by atoms with Crippen molar-refractivity contribution in [2.45, 2.75) is 19.9 Å². The quantitative estimate of drug-likeness (QED) is 0.586. The predicted octanol–water partition coefficient (Wildman–Crippen LogP) is 1.60. The normalized spacial score (nSPS) is 9.95. The number of nitrogens with zero attached hydrogens (tertiary/aromatic N) is 2. The molecule has 8 heteroatoms. The van der Waals surface area contributed by atoms with Crippen molar-refractivity contribution in [2.24, 2.45) is 0 Å². The Kier molecular flexibility index (Phi) is 6.12. The van der Waals surface area contributed by atoms with E-state index < -0.39 is 16.9 Å². The molecule has 0 aliphatic heterocycles. The Labute approximate surface area is 121 Å². The first-order chi connectivity index (χ1) is 9.93. The molecular weight excluding hydrogens is 278 g/mol. The first kappa shape index (κ1) is 16.4. The third-order valence-corrected chi connectivity index (χ3v) is 2.70. The number of nitrogens with one attached hydrogen (secondary N) is 1. The van der Waals surface area contributed by atoms with Gasteiger partial charge in [-0.3, -0.25) is 14.9 Å². The number of rotatable bonds is 7. The number of carbonyl (C=O) groups is 2. The van der Waals surface area contributed by atoms with Crippen LogP contribution in [0.1, 0.15) is 18.9 Å². The third-order valence-electron chi connectivity index (χ3n) is 2.70. The monoisotopic (exact) mass is 295 g/mol. The molecule has 1 aromatic carbocycles. The molecule has 2 N–H and O–H groups in total. The highest BCUT2D eigenvalue weighted by molar-refractivity contribution is 5.80. The van der Waals surface area contributed by atoms with Crippen LogP contribution in [0.2, 0.25) is 0 Å². The molecule has 0 saturated carbocycles. The number of non-ortho nitro benzene ring substituents is 1. The average Bonchev–Trinajstić information content (AvgIpc) is 2.44. The Bertz CT molecular complexity index is 515. The van der Waals surface area contributed by atoms with Gasteiger partial charge in [-0.2, -0.15) is 0 Å². The molecule has 0 unspecified atom stereocenters. The highest BCUT2D eigenvalue weighted by Crippen LogP contribution is 2.11. The highest BCUT2D eigenvalue weighted by Gasteiger charge is 2.15. The number of hydrogen-bond acceptors (Lipinski definition) is 4. The topological polar surface area (TPSA) is 113 Å². The van der Waals surface area contributed by atoms with Crippen molar-refractivity contribution in [1.82, 2.24) is 10.2 Å². The van der Waals surface area contributed by atoms with Crippen LogP contribution in [0.25, 0.3) is 0 Å². The van der Waals surface area contributed by atoms with Crippen molar-refractivity contribution < 1.29 is 19.6 Å². The van der Waals surface area contributed by atoms with Gasteiger partial charge in [0.25, 0.3) is 5.69 Å². The third kappa shape index (κ3) is 5.47. The van der Waals surface area contributed by atoms with Crippen molar-refractivity contribution in [3.05, 3.63) is 39.9 Å². The van der Waals surface area contributed by atoms with Gasteiger partial charge in [0.05, 0.1) is 4.92 Å². The molecule has 1 aromatic rings. The zero-order valence-corrected chi connectivity index (χ0v) is 11.6. The van der Waals surface area contributed by atoms with E-state index in [1.54, 1.807) is 12.1 Å². The van der Waals surface area contributed by atoms with E-state index in [0.29, 0.717) is 18.5 Å². The fourth-order valence-corrected chi connectivity index (χ4v) is 1.71. The van der Waals surface area contributed by atoms with Gasteiger partial charge in [-0.15, -0.1) is 0 Å². The van der Waals surface area contributed by atoms with Crippen LogP contribution in [0, 0.1) is 10.1 Å². The fourth-order valence-electron chi connectivity index (χ4n) is 1.71. The summed E-state index contributed by atoms with van der Waals surface area (Å²) in [6.07, 6.45) is 0.651. The molecule has 8 nitrogen and oxygen atoms in total. The van der Waals surface area contributed by atoms with Crippen LogP contribution in [0.3, 0.4) is 0 Å². The number of nitro groups is 1. The summed E-state index contributed by atoms with van der Waals surface area (Å²) in [5.74, 6) is -1.08. The van der Waals surface area contributed by atoms with Gasteiger partial charge in [-0.25, -0.2) is 4.79 Å². The standard InChI is InChI=1S/C13H17N3O5/c1-2-7-15(9-12(17)18)13(19)14-8-10-3-5-11(6-4-10)16(20)21/h3-6H,2,7-9H2,1H3,(H,14,19)(H,17,18). The van der Waals surface area contributed by atoms with E-state index >= 15 is 0 Å². The minimum absolute atomic E-state index is 0.0245. The molecule has 0 bridgehead atoms. The summed E-state index contributed by atoms with van der Waals surface area (Å²) in [5.41, 5.74) is 0.671. The predicted molar refractivity (Wildman–Crippen MR) is 74.8 cm³/mol. The van der Waals surface area contributed by atoms with Crippen molar-refractivity contribution in [2.75, 3.05) is 13.1 Å². The minimum Gasteiger partial charge on any atom is -0.480 e. The Hall–Kier alpha value is -2.64. The number of hydrogen-bond donors (Lipinski definition) is 2. The Morgan fingerprint density at radius 2 is 1.95 bits per heavy atom. The van der Waals surface area contributed by atoms with Crippen LogP contribution >= 0.6 is 0 Å². The van der Waals surface area contributed by atoms with E-state index in [-0.39, 0.29) is 18.8 Å². The van der Waals surface area contributed by atoms with Gasteiger partial charge in [0.2, 0.25) is 0 Å². The van der Waals surface area contributed by atoms with Gasteiger partial charge in [-0.1, -0.05) is 19.1 Å². The average molecular weight is 295 g/mol. The Morgan fingerprint density at radius 1 is 1.33 bits per heavy atom. The first-order valence-electron chi connectivity index (χ1n) is 6.42. The van der Waals surface area contributed by atoms with E-state index in [1.807, 2.05) is 6.92 Å². The highest BCUT2D eigenvalue weighted by atomic mass is 16.6. The smallest absolute Gasteiger partial charge is 0.323 e. The molecule has 0 heterocycles. The summed E-state index contributed by atoms with van der Waals surface area (Å²) in [6.45, 7) is 2.01. The number of nitro benzene ring substituents is 1. The van der Waals surface area contributed by atoms with Crippen LogP contribution in [-0.4, -0.2) is 40.0 Å². The number of urea groups is 1. The molecule has 2 amide bonds. The van der Waals surface area contributed by atoms with Crippen LogP contribution < -0.4 is 5.32 Å². The van der Waals surface area contributed by atoms with Gasteiger partial charge >= 0.3 is 12.0 Å². The summed E-state index contributed by atoms with van der Waals surface area (Å²) < 4.78 is 0. The molecule has 21 heavy (non-hydrogen) atoms. The molecule has 0 aromatic heterocycles. The molecule has 0 saturated heterocycles. The van der Waals surface area contributed by atoms with Crippen LogP contribution in [0.15, 0.2) is 24.3 Å². The SMILES string of the molecule is CCCN(CC(=O)O)C(=O)NCc1ccc([N+](=O)[O-])cc1. The maximum atomic E-state index is 11.9. The van der Waals surface area contributed by atoms with E-state index in [1.165, 1.54) is 17.0 Å². The van der Waals surface area contributed by atoms with Gasteiger partial charge < -0.3 is 15.3 Å². The summed E-state index contributed by atoms with van der Waals surface area (Å²) in [6, 6.07) is 5.31. The van der Waals surface area contributed by atoms with Crippen molar-refractivity contribution in [3.63, 3.8) is 0 Å². The number of benzene rings is 1. The second-order valence-electron chi connectivity index (χ2n) is 4.40. The maximum absolute atomic E-state index is 11.9. The van der Waals surface area contributed by atoms with E-state index in [9.17, 15) is 19.7 Å². The zero-order valence-electron chi connectivity index (χ0n) is 11.6. The van der Waals surface area contributed by atoms with Gasteiger partial charge in [-0.05, 0) is 12.0 Å². The summed E-state index contributed by atoms with van der Waals surface area (Å²) in [4.78, 5) is 33.8. The van der Waals surface area contributed by atoms with Gasteiger partial charge in [0, 0.05) is 25.2 Å². The van der Waals surface area contributed by atoms with Crippen LogP contribution in [0.4, 0.5) is 10.5 Å². The summed E-state index contributed by atoms with van der Waals surface area (Å²) >= 11 is 0. The Morgan fingerprint density at radius 3 is 2.43 bits per heavy atom. The molecular formula is C13H17N3O5. The summed E-state index contributed by atoms with van der Waals surface area (Å²) in [7, 11) is 0. The molecule has 0 spiro atoms.